The van der Waals surface area contributed by atoms with E-state index in [9.17, 15) is 9.90 Å². The Kier molecular flexibility index (Phi) is 5.55. The zero-order chi connectivity index (χ0) is 12.8. The number of carbonyl (C=O) groups excluding carboxylic acids is 1. The van der Waals surface area contributed by atoms with E-state index < -0.39 is 0 Å². The van der Waals surface area contributed by atoms with Gasteiger partial charge in [0.25, 0.3) is 5.91 Å². The van der Waals surface area contributed by atoms with Gasteiger partial charge in [0.15, 0.2) is 0 Å². The molecule has 1 aromatic carbocycles. The summed E-state index contributed by atoms with van der Waals surface area (Å²) in [5.41, 5.74) is 0.370. The summed E-state index contributed by atoms with van der Waals surface area (Å²) in [7, 11) is 1.54. The van der Waals surface area contributed by atoms with Gasteiger partial charge in [-0.25, -0.2) is 0 Å². The Labute approximate surface area is 109 Å². The van der Waals surface area contributed by atoms with E-state index in [-0.39, 0.29) is 22.1 Å². The largest absolute Gasteiger partial charge is 0.506 e. The number of aromatic hydroxyl groups is 1. The summed E-state index contributed by atoms with van der Waals surface area (Å²) in [6, 6.07) is 4.24. The quantitative estimate of drug-likeness (QED) is 0.810. The van der Waals surface area contributed by atoms with Gasteiger partial charge in [0.2, 0.25) is 0 Å². The smallest absolute Gasteiger partial charge is 0.251 e. The number of rotatable bonds is 5. The minimum atomic E-state index is -0.298. The van der Waals surface area contributed by atoms with Crippen LogP contribution in [0.3, 0.4) is 0 Å². The van der Waals surface area contributed by atoms with Crippen molar-refractivity contribution in [3.05, 3.63) is 28.8 Å². The maximum absolute atomic E-state index is 11.7. The van der Waals surface area contributed by atoms with Crippen molar-refractivity contribution in [2.75, 3.05) is 20.3 Å². The van der Waals surface area contributed by atoms with E-state index in [2.05, 4.69) is 5.32 Å². The second-order valence-electron chi connectivity index (χ2n) is 3.43. The molecule has 0 fully saturated rings. The lowest BCUT2D eigenvalue weighted by atomic mass is 10.2. The third kappa shape index (κ3) is 4.42. The summed E-state index contributed by atoms with van der Waals surface area (Å²) >= 11 is 11.6. The molecule has 0 saturated heterocycles. The highest BCUT2D eigenvalue weighted by atomic mass is 35.5. The average Bonchev–Trinajstić information content (AvgIpc) is 2.30. The highest BCUT2D eigenvalue weighted by Gasteiger charge is 2.10. The molecule has 0 radical (unpaired) electrons. The fourth-order valence-electron chi connectivity index (χ4n) is 1.19. The third-order valence-corrected chi connectivity index (χ3v) is 2.62. The first-order valence-electron chi connectivity index (χ1n) is 4.94. The second kappa shape index (κ2) is 6.69. The third-order valence-electron chi connectivity index (χ3n) is 2.04. The van der Waals surface area contributed by atoms with Crippen LogP contribution in [0.15, 0.2) is 18.2 Å². The summed E-state index contributed by atoms with van der Waals surface area (Å²) in [6.07, 6.45) is 0. The Hall–Kier alpha value is -0.970. The van der Waals surface area contributed by atoms with Crippen LogP contribution in [0.5, 0.6) is 5.75 Å². The molecule has 94 valence electrons. The number of phenols is 1. The van der Waals surface area contributed by atoms with Crippen molar-refractivity contribution in [3.63, 3.8) is 0 Å². The van der Waals surface area contributed by atoms with E-state index >= 15 is 0 Å². The Morgan fingerprint density at radius 2 is 2.29 bits per heavy atom. The van der Waals surface area contributed by atoms with Crippen molar-refractivity contribution < 1.29 is 14.6 Å². The number of methoxy groups -OCH3 is 1. The van der Waals surface area contributed by atoms with Crippen molar-refractivity contribution >= 4 is 29.1 Å². The molecule has 1 aromatic rings. The summed E-state index contributed by atoms with van der Waals surface area (Å²) in [4.78, 5) is 11.7. The Morgan fingerprint density at radius 3 is 2.88 bits per heavy atom. The number of ether oxygens (including phenoxy) is 1. The SMILES string of the molecule is COCC(Cl)CNC(=O)c1ccc(O)c(Cl)c1. The summed E-state index contributed by atoms with van der Waals surface area (Å²) < 4.78 is 4.84. The van der Waals surface area contributed by atoms with Gasteiger partial charge >= 0.3 is 0 Å². The molecule has 0 bridgehead atoms. The van der Waals surface area contributed by atoms with Crippen LogP contribution in [0.2, 0.25) is 5.02 Å². The minimum absolute atomic E-state index is 0.0576. The molecular weight excluding hydrogens is 265 g/mol. The van der Waals surface area contributed by atoms with E-state index in [1.165, 1.54) is 25.3 Å². The number of carbonyl (C=O) groups is 1. The fraction of sp³-hybridized carbons (Fsp3) is 0.364. The summed E-state index contributed by atoms with van der Waals surface area (Å²) in [6.45, 7) is 0.658. The predicted octanol–water partition coefficient (Wildman–Crippen LogP) is 2.03. The first-order chi connectivity index (χ1) is 8.04. The highest BCUT2D eigenvalue weighted by Crippen LogP contribution is 2.23. The van der Waals surface area contributed by atoms with Crippen LogP contribution in [0.1, 0.15) is 10.4 Å². The standard InChI is InChI=1S/C11H13Cl2NO3/c1-17-6-8(12)5-14-11(16)7-2-3-10(15)9(13)4-7/h2-4,8,15H,5-6H2,1H3,(H,14,16). The Bertz CT molecular complexity index is 398. The number of amides is 1. The molecule has 0 saturated carbocycles. The van der Waals surface area contributed by atoms with E-state index in [1.807, 2.05) is 0 Å². The number of alkyl halides is 1. The van der Waals surface area contributed by atoms with Crippen molar-refractivity contribution in [1.29, 1.82) is 0 Å². The molecule has 0 spiro atoms. The molecule has 4 nitrogen and oxygen atoms in total. The topological polar surface area (TPSA) is 58.6 Å². The van der Waals surface area contributed by atoms with Gasteiger partial charge in [0.1, 0.15) is 5.75 Å². The van der Waals surface area contributed by atoms with E-state index in [0.29, 0.717) is 18.7 Å². The van der Waals surface area contributed by atoms with Gasteiger partial charge in [0, 0.05) is 19.2 Å². The van der Waals surface area contributed by atoms with Gasteiger partial charge in [-0.1, -0.05) is 11.6 Å². The van der Waals surface area contributed by atoms with Crippen LogP contribution in [-0.4, -0.2) is 36.7 Å². The lowest BCUT2D eigenvalue weighted by molar-refractivity contribution is 0.0949. The van der Waals surface area contributed by atoms with Crippen LogP contribution >= 0.6 is 23.2 Å². The second-order valence-corrected chi connectivity index (χ2v) is 4.45. The van der Waals surface area contributed by atoms with Crippen molar-refractivity contribution in [3.8, 4) is 5.75 Å². The van der Waals surface area contributed by atoms with Crippen molar-refractivity contribution in [2.45, 2.75) is 5.38 Å². The Morgan fingerprint density at radius 1 is 1.59 bits per heavy atom. The minimum Gasteiger partial charge on any atom is -0.506 e. The van der Waals surface area contributed by atoms with E-state index in [4.69, 9.17) is 27.9 Å². The van der Waals surface area contributed by atoms with Crippen LogP contribution in [-0.2, 0) is 4.74 Å². The highest BCUT2D eigenvalue weighted by molar-refractivity contribution is 6.32. The number of phenolic OH excluding ortho intramolecular Hbond substituents is 1. The van der Waals surface area contributed by atoms with Gasteiger partial charge in [-0.2, -0.15) is 0 Å². The average molecular weight is 278 g/mol. The lowest BCUT2D eigenvalue weighted by Gasteiger charge is -2.10. The molecule has 0 aliphatic heterocycles. The number of hydrogen-bond donors (Lipinski definition) is 2. The molecule has 2 N–H and O–H groups in total. The molecule has 6 heteroatoms. The van der Waals surface area contributed by atoms with E-state index in [0.717, 1.165) is 0 Å². The van der Waals surface area contributed by atoms with Crippen molar-refractivity contribution in [2.24, 2.45) is 0 Å². The summed E-state index contributed by atoms with van der Waals surface area (Å²) in [5, 5.41) is 11.7. The predicted molar refractivity (Wildman–Crippen MR) is 67.0 cm³/mol. The van der Waals surface area contributed by atoms with Crippen LogP contribution < -0.4 is 5.32 Å². The molecule has 17 heavy (non-hydrogen) atoms. The zero-order valence-corrected chi connectivity index (χ0v) is 10.8. The molecule has 1 unspecified atom stereocenters. The van der Waals surface area contributed by atoms with Crippen LogP contribution in [0.4, 0.5) is 0 Å². The molecule has 1 amide bonds. The molecule has 0 aliphatic carbocycles. The Balaban J connectivity index is 2.55. The monoisotopic (exact) mass is 277 g/mol. The van der Waals surface area contributed by atoms with Gasteiger partial charge in [0.05, 0.1) is 17.0 Å². The van der Waals surface area contributed by atoms with Crippen LogP contribution in [0, 0.1) is 0 Å². The number of halogens is 2. The van der Waals surface area contributed by atoms with Gasteiger partial charge in [-0.05, 0) is 18.2 Å². The summed E-state index contributed by atoms with van der Waals surface area (Å²) in [5.74, 6) is -0.355. The number of nitrogens with one attached hydrogen (secondary N) is 1. The normalized spacial score (nSPS) is 12.2. The number of benzene rings is 1. The molecule has 1 rings (SSSR count). The maximum atomic E-state index is 11.7. The van der Waals surface area contributed by atoms with Gasteiger partial charge in [-0.3, -0.25) is 4.79 Å². The van der Waals surface area contributed by atoms with Crippen LogP contribution in [0.25, 0.3) is 0 Å². The fourth-order valence-corrected chi connectivity index (χ4v) is 1.58. The molecule has 1 atom stereocenters. The molecular formula is C11H13Cl2NO3. The zero-order valence-electron chi connectivity index (χ0n) is 9.24. The molecule has 0 aromatic heterocycles. The van der Waals surface area contributed by atoms with Crippen molar-refractivity contribution in [1.82, 2.24) is 5.32 Å². The maximum Gasteiger partial charge on any atom is 0.251 e. The first kappa shape index (κ1) is 14.1. The molecule has 0 aliphatic rings. The lowest BCUT2D eigenvalue weighted by Crippen LogP contribution is -2.31. The van der Waals surface area contributed by atoms with E-state index in [1.54, 1.807) is 0 Å². The number of hydrogen-bond acceptors (Lipinski definition) is 3. The first-order valence-corrected chi connectivity index (χ1v) is 5.75. The van der Waals surface area contributed by atoms with Gasteiger partial charge in [-0.15, -0.1) is 11.6 Å². The molecule has 0 heterocycles. The van der Waals surface area contributed by atoms with Gasteiger partial charge < -0.3 is 15.2 Å².